The van der Waals surface area contributed by atoms with E-state index in [-0.39, 0.29) is 11.1 Å². The quantitative estimate of drug-likeness (QED) is 0.896. The largest absolute Gasteiger partial charge is 0.392 e. The summed E-state index contributed by atoms with van der Waals surface area (Å²) in [6.07, 6.45) is 0.0804. The summed E-state index contributed by atoms with van der Waals surface area (Å²) in [4.78, 5) is 0. The molecule has 1 aromatic rings. The number of halogens is 2. The van der Waals surface area contributed by atoms with E-state index in [0.29, 0.717) is 16.1 Å². The second-order valence-corrected chi connectivity index (χ2v) is 7.96. The third-order valence-corrected chi connectivity index (χ3v) is 7.20. The summed E-state index contributed by atoms with van der Waals surface area (Å²) in [7, 11) is 0. The molecule has 1 fully saturated rings. The molecular formula is C13H16BrFOS2. The first-order chi connectivity index (χ1) is 8.59. The zero-order valence-electron chi connectivity index (χ0n) is 10.1. The Morgan fingerprint density at radius 3 is 2.89 bits per heavy atom. The van der Waals surface area contributed by atoms with Gasteiger partial charge in [-0.25, -0.2) is 4.39 Å². The minimum absolute atomic E-state index is 0.235. The van der Waals surface area contributed by atoms with Gasteiger partial charge >= 0.3 is 0 Å². The molecule has 0 bridgehead atoms. The summed E-state index contributed by atoms with van der Waals surface area (Å²) in [6.45, 7) is 2.16. The highest BCUT2D eigenvalue weighted by Crippen LogP contribution is 2.34. The van der Waals surface area contributed by atoms with E-state index in [4.69, 9.17) is 0 Å². The molecule has 0 aliphatic carbocycles. The lowest BCUT2D eigenvalue weighted by Gasteiger charge is -2.31. The van der Waals surface area contributed by atoms with Crippen molar-refractivity contribution in [1.82, 2.24) is 0 Å². The minimum Gasteiger partial charge on any atom is -0.392 e. The second-order valence-electron chi connectivity index (χ2n) is 4.40. The molecule has 18 heavy (non-hydrogen) atoms. The molecule has 0 amide bonds. The third kappa shape index (κ3) is 3.44. The predicted octanol–water partition coefficient (Wildman–Crippen LogP) is 3.73. The van der Waals surface area contributed by atoms with Crippen molar-refractivity contribution < 1.29 is 9.50 Å². The number of aliphatic hydroxyl groups excluding tert-OH is 1. The Morgan fingerprint density at radius 2 is 2.17 bits per heavy atom. The van der Waals surface area contributed by atoms with Gasteiger partial charge in [0.25, 0.3) is 0 Å². The van der Waals surface area contributed by atoms with Crippen LogP contribution in [0.5, 0.6) is 0 Å². The van der Waals surface area contributed by atoms with Crippen LogP contribution in [0.4, 0.5) is 4.39 Å². The van der Waals surface area contributed by atoms with E-state index in [9.17, 15) is 9.50 Å². The molecule has 1 aliphatic heterocycles. The van der Waals surface area contributed by atoms with Crippen LogP contribution in [-0.2, 0) is 6.42 Å². The van der Waals surface area contributed by atoms with Crippen molar-refractivity contribution in [2.24, 2.45) is 0 Å². The van der Waals surface area contributed by atoms with Crippen LogP contribution in [-0.4, -0.2) is 33.2 Å². The molecule has 1 aliphatic rings. The fourth-order valence-corrected chi connectivity index (χ4v) is 5.39. The van der Waals surface area contributed by atoms with Gasteiger partial charge in [0, 0.05) is 28.4 Å². The smallest absolute Gasteiger partial charge is 0.137 e. The zero-order valence-corrected chi connectivity index (χ0v) is 13.3. The molecule has 0 spiro atoms. The lowest BCUT2D eigenvalue weighted by molar-refractivity contribution is 0.171. The molecule has 0 radical (unpaired) electrons. The number of rotatable bonds is 3. The van der Waals surface area contributed by atoms with Gasteiger partial charge in [0.1, 0.15) is 5.82 Å². The lowest BCUT2D eigenvalue weighted by atomic mass is 10.0. The van der Waals surface area contributed by atoms with E-state index in [0.717, 1.165) is 17.1 Å². The van der Waals surface area contributed by atoms with Crippen molar-refractivity contribution in [3.63, 3.8) is 0 Å². The van der Waals surface area contributed by atoms with Crippen LogP contribution in [0, 0.1) is 5.82 Å². The molecule has 5 heteroatoms. The highest BCUT2D eigenvalue weighted by molar-refractivity contribution is 9.10. The molecule has 1 saturated heterocycles. The van der Waals surface area contributed by atoms with Crippen molar-refractivity contribution in [3.8, 4) is 0 Å². The summed E-state index contributed by atoms with van der Waals surface area (Å²) < 4.78 is 13.9. The van der Waals surface area contributed by atoms with Crippen LogP contribution >= 0.6 is 39.5 Å². The highest BCUT2D eigenvalue weighted by Gasteiger charge is 2.29. The van der Waals surface area contributed by atoms with E-state index < -0.39 is 6.10 Å². The lowest BCUT2D eigenvalue weighted by Crippen LogP contribution is -2.36. The number of benzene rings is 1. The van der Waals surface area contributed by atoms with E-state index in [1.54, 1.807) is 6.07 Å². The van der Waals surface area contributed by atoms with Crippen LogP contribution in [0.3, 0.4) is 0 Å². The molecule has 3 atom stereocenters. The number of hydrogen-bond donors (Lipinski definition) is 1. The van der Waals surface area contributed by atoms with E-state index in [1.807, 2.05) is 29.6 Å². The summed E-state index contributed by atoms with van der Waals surface area (Å²) in [5.74, 6) is 1.97. The van der Waals surface area contributed by atoms with Gasteiger partial charge in [0.2, 0.25) is 0 Å². The van der Waals surface area contributed by atoms with Crippen molar-refractivity contribution in [2.45, 2.75) is 29.9 Å². The van der Waals surface area contributed by atoms with Gasteiger partial charge in [-0.05, 0) is 27.6 Å². The van der Waals surface area contributed by atoms with Crippen LogP contribution in [0.25, 0.3) is 0 Å². The van der Waals surface area contributed by atoms with E-state index in [2.05, 4.69) is 22.9 Å². The molecule has 100 valence electrons. The first-order valence-corrected chi connectivity index (χ1v) is 8.83. The van der Waals surface area contributed by atoms with Gasteiger partial charge in [-0.1, -0.05) is 19.1 Å². The van der Waals surface area contributed by atoms with Crippen LogP contribution in [0.2, 0.25) is 0 Å². The van der Waals surface area contributed by atoms with Gasteiger partial charge in [-0.15, -0.1) is 0 Å². The Hall–Kier alpha value is 0.290. The van der Waals surface area contributed by atoms with Crippen LogP contribution < -0.4 is 0 Å². The van der Waals surface area contributed by atoms with E-state index in [1.165, 1.54) is 6.07 Å². The van der Waals surface area contributed by atoms with Crippen molar-refractivity contribution in [3.05, 3.63) is 34.1 Å². The predicted molar refractivity (Wildman–Crippen MR) is 82.0 cm³/mol. The van der Waals surface area contributed by atoms with E-state index >= 15 is 0 Å². The Kier molecular flexibility index (Phi) is 5.42. The fourth-order valence-electron chi connectivity index (χ4n) is 2.12. The Morgan fingerprint density at radius 1 is 1.44 bits per heavy atom. The molecule has 0 saturated carbocycles. The average Bonchev–Trinajstić information content (AvgIpc) is 2.35. The van der Waals surface area contributed by atoms with Crippen molar-refractivity contribution in [1.29, 1.82) is 0 Å². The monoisotopic (exact) mass is 350 g/mol. The number of aliphatic hydroxyl groups is 1. The molecule has 0 aromatic heterocycles. The maximum Gasteiger partial charge on any atom is 0.137 e. The van der Waals surface area contributed by atoms with Gasteiger partial charge < -0.3 is 5.11 Å². The van der Waals surface area contributed by atoms with Crippen molar-refractivity contribution in [2.75, 3.05) is 11.5 Å². The molecule has 1 heterocycles. The molecule has 2 rings (SSSR count). The SMILES string of the molecule is CC1SCCSC1C(O)Cc1cccc(F)c1Br. The molecule has 3 unspecified atom stereocenters. The fraction of sp³-hybridized carbons (Fsp3) is 0.538. The maximum atomic E-state index is 13.4. The normalized spacial score (nSPS) is 26.0. The topological polar surface area (TPSA) is 20.2 Å². The molecular weight excluding hydrogens is 335 g/mol. The summed E-state index contributed by atoms with van der Waals surface area (Å²) >= 11 is 6.98. The van der Waals surface area contributed by atoms with Crippen LogP contribution in [0.1, 0.15) is 12.5 Å². The molecule has 1 aromatic carbocycles. The Labute approximate surface area is 124 Å². The molecule has 1 nitrogen and oxygen atoms in total. The highest BCUT2D eigenvalue weighted by atomic mass is 79.9. The first-order valence-electron chi connectivity index (χ1n) is 5.93. The van der Waals surface area contributed by atoms with Gasteiger partial charge in [-0.2, -0.15) is 23.5 Å². The van der Waals surface area contributed by atoms with Crippen molar-refractivity contribution >= 4 is 39.5 Å². The van der Waals surface area contributed by atoms with Gasteiger partial charge in [0.05, 0.1) is 10.6 Å². The minimum atomic E-state index is -0.420. The zero-order chi connectivity index (χ0) is 13.1. The average molecular weight is 351 g/mol. The van der Waals surface area contributed by atoms with Crippen LogP contribution in [0.15, 0.2) is 22.7 Å². The van der Waals surface area contributed by atoms with Gasteiger partial charge in [0.15, 0.2) is 0 Å². The third-order valence-electron chi connectivity index (χ3n) is 3.08. The summed E-state index contributed by atoms with van der Waals surface area (Å²) in [5, 5.41) is 11.0. The number of hydrogen-bond acceptors (Lipinski definition) is 3. The van der Waals surface area contributed by atoms with Gasteiger partial charge in [-0.3, -0.25) is 0 Å². The summed E-state index contributed by atoms with van der Waals surface area (Å²) in [6, 6.07) is 4.98. The molecule has 1 N–H and O–H groups in total. The second kappa shape index (κ2) is 6.64. The maximum absolute atomic E-state index is 13.4. The number of thioether (sulfide) groups is 2. The summed E-state index contributed by atoms with van der Waals surface area (Å²) in [5.41, 5.74) is 0.839. The Balaban J connectivity index is 2.06. The standard InChI is InChI=1S/C13H16BrFOS2/c1-8-13(18-6-5-17-8)11(16)7-9-3-2-4-10(15)12(9)14/h2-4,8,11,13,16H,5-7H2,1H3. The first kappa shape index (κ1) is 14.7. The Bertz CT molecular complexity index is 416.